The lowest BCUT2D eigenvalue weighted by Gasteiger charge is -2.06. The van der Waals surface area contributed by atoms with Gasteiger partial charge in [-0.15, -0.1) is 0 Å². The van der Waals surface area contributed by atoms with E-state index in [1.54, 1.807) is 49.1 Å². The second-order valence-corrected chi connectivity index (χ2v) is 5.42. The van der Waals surface area contributed by atoms with Crippen molar-refractivity contribution in [2.45, 2.75) is 6.54 Å². The van der Waals surface area contributed by atoms with Gasteiger partial charge in [0.1, 0.15) is 11.3 Å². The Morgan fingerprint density at radius 1 is 1.08 bits per heavy atom. The first-order chi connectivity index (χ1) is 11.7. The summed E-state index contributed by atoms with van der Waals surface area (Å²) in [6, 6.07) is 11.9. The molecule has 3 aromatic heterocycles. The Hall–Kier alpha value is -3.28. The third-order valence-electron chi connectivity index (χ3n) is 3.86. The standard InChI is InChI=1S/C18H13FN4O/c19-15-6-2-1-4-14(15)12-22-8-9-23-17(18(22)24)10-16(21-23)13-5-3-7-20-11-13/h1-11H,12H2. The van der Waals surface area contributed by atoms with Crippen LogP contribution in [0.4, 0.5) is 4.39 Å². The Kier molecular flexibility index (Phi) is 3.42. The second kappa shape index (κ2) is 5.73. The minimum Gasteiger partial charge on any atom is -0.308 e. The Balaban J connectivity index is 1.78. The fourth-order valence-corrected chi connectivity index (χ4v) is 2.62. The summed E-state index contributed by atoms with van der Waals surface area (Å²) in [5, 5.41) is 4.40. The number of hydrogen-bond donors (Lipinski definition) is 0. The number of rotatable bonds is 3. The summed E-state index contributed by atoms with van der Waals surface area (Å²) in [6.45, 7) is 0.176. The predicted molar refractivity (Wildman–Crippen MR) is 88.2 cm³/mol. The van der Waals surface area contributed by atoms with Gasteiger partial charge in [0, 0.05) is 35.9 Å². The molecule has 4 rings (SSSR count). The van der Waals surface area contributed by atoms with Gasteiger partial charge in [0.15, 0.2) is 0 Å². The largest absolute Gasteiger partial charge is 0.308 e. The van der Waals surface area contributed by atoms with Crippen LogP contribution in [0.1, 0.15) is 5.56 Å². The van der Waals surface area contributed by atoms with Gasteiger partial charge in [-0.3, -0.25) is 9.78 Å². The molecule has 6 heteroatoms. The zero-order valence-electron chi connectivity index (χ0n) is 12.6. The molecule has 0 amide bonds. The van der Waals surface area contributed by atoms with Crippen molar-refractivity contribution in [3.8, 4) is 11.3 Å². The first-order valence-electron chi connectivity index (χ1n) is 7.45. The van der Waals surface area contributed by atoms with Crippen LogP contribution in [0.25, 0.3) is 16.8 Å². The lowest BCUT2D eigenvalue weighted by Crippen LogP contribution is -2.22. The molecular weight excluding hydrogens is 307 g/mol. The molecule has 1 aromatic carbocycles. The van der Waals surface area contributed by atoms with Gasteiger partial charge in [-0.05, 0) is 24.3 Å². The van der Waals surface area contributed by atoms with E-state index in [1.807, 2.05) is 12.1 Å². The molecule has 0 saturated heterocycles. The van der Waals surface area contributed by atoms with Gasteiger partial charge in [-0.2, -0.15) is 5.10 Å². The maximum atomic E-state index is 13.8. The molecule has 5 nitrogen and oxygen atoms in total. The molecule has 118 valence electrons. The lowest BCUT2D eigenvalue weighted by atomic mass is 10.2. The molecule has 0 N–H and O–H groups in total. The third-order valence-corrected chi connectivity index (χ3v) is 3.86. The van der Waals surface area contributed by atoms with Gasteiger partial charge >= 0.3 is 0 Å². The van der Waals surface area contributed by atoms with Gasteiger partial charge in [0.05, 0.1) is 12.2 Å². The Labute approximate surface area is 136 Å². The van der Waals surface area contributed by atoms with E-state index in [1.165, 1.54) is 15.1 Å². The summed E-state index contributed by atoms with van der Waals surface area (Å²) >= 11 is 0. The molecule has 0 atom stereocenters. The fraction of sp³-hybridized carbons (Fsp3) is 0.0556. The Morgan fingerprint density at radius 3 is 2.75 bits per heavy atom. The van der Waals surface area contributed by atoms with Crippen LogP contribution in [0.3, 0.4) is 0 Å². The molecule has 0 aliphatic carbocycles. The monoisotopic (exact) mass is 320 g/mol. The second-order valence-electron chi connectivity index (χ2n) is 5.42. The van der Waals surface area contributed by atoms with E-state index in [4.69, 9.17) is 0 Å². The normalized spacial score (nSPS) is 11.0. The van der Waals surface area contributed by atoms with Crippen LogP contribution in [-0.2, 0) is 6.54 Å². The third kappa shape index (κ3) is 2.48. The quantitative estimate of drug-likeness (QED) is 0.583. The van der Waals surface area contributed by atoms with Gasteiger partial charge < -0.3 is 4.57 Å². The van der Waals surface area contributed by atoms with Crippen LogP contribution in [0, 0.1) is 5.82 Å². The fourth-order valence-electron chi connectivity index (χ4n) is 2.62. The zero-order chi connectivity index (χ0) is 16.5. The SMILES string of the molecule is O=c1c2cc(-c3cccnc3)nn2ccn1Cc1ccccc1F. The van der Waals surface area contributed by atoms with E-state index in [0.29, 0.717) is 16.8 Å². The average Bonchev–Trinajstić information content (AvgIpc) is 3.05. The highest BCUT2D eigenvalue weighted by Gasteiger charge is 2.10. The molecule has 0 saturated carbocycles. The summed E-state index contributed by atoms with van der Waals surface area (Å²) in [6.07, 6.45) is 6.68. The average molecular weight is 320 g/mol. The first kappa shape index (κ1) is 14.3. The van der Waals surface area contributed by atoms with E-state index in [2.05, 4.69) is 10.1 Å². The van der Waals surface area contributed by atoms with Crippen LogP contribution in [0.15, 0.2) is 72.0 Å². The van der Waals surface area contributed by atoms with Crippen LogP contribution >= 0.6 is 0 Å². The highest BCUT2D eigenvalue weighted by Crippen LogP contribution is 2.17. The molecule has 0 spiro atoms. The minimum absolute atomic E-state index is 0.176. The molecule has 0 bridgehead atoms. The number of pyridine rings is 1. The van der Waals surface area contributed by atoms with E-state index >= 15 is 0 Å². The van der Waals surface area contributed by atoms with E-state index in [0.717, 1.165) is 5.56 Å². The van der Waals surface area contributed by atoms with Crippen molar-refractivity contribution in [2.24, 2.45) is 0 Å². The molecular formula is C18H13FN4O. The summed E-state index contributed by atoms with van der Waals surface area (Å²) in [5.74, 6) is -0.325. The highest BCUT2D eigenvalue weighted by atomic mass is 19.1. The zero-order valence-corrected chi connectivity index (χ0v) is 12.6. The number of fused-ring (bicyclic) bond motifs is 1. The van der Waals surface area contributed by atoms with Crippen LogP contribution in [0.2, 0.25) is 0 Å². The van der Waals surface area contributed by atoms with Crippen LogP contribution in [-0.4, -0.2) is 19.2 Å². The van der Waals surface area contributed by atoms with Crippen molar-refractivity contribution in [1.82, 2.24) is 19.2 Å². The molecule has 0 aliphatic rings. The van der Waals surface area contributed by atoms with Crippen molar-refractivity contribution < 1.29 is 4.39 Å². The van der Waals surface area contributed by atoms with Gasteiger partial charge in [0.2, 0.25) is 0 Å². The van der Waals surface area contributed by atoms with Crippen molar-refractivity contribution in [3.05, 3.63) is 89.0 Å². The number of halogens is 1. The first-order valence-corrected chi connectivity index (χ1v) is 7.45. The Bertz CT molecular complexity index is 1070. The molecule has 3 heterocycles. The number of aromatic nitrogens is 4. The summed E-state index contributed by atoms with van der Waals surface area (Å²) in [7, 11) is 0. The van der Waals surface area contributed by atoms with Gasteiger partial charge in [-0.1, -0.05) is 18.2 Å². The number of benzene rings is 1. The van der Waals surface area contributed by atoms with E-state index in [-0.39, 0.29) is 17.9 Å². The van der Waals surface area contributed by atoms with Gasteiger partial charge in [0.25, 0.3) is 5.56 Å². The molecule has 0 unspecified atom stereocenters. The number of nitrogens with zero attached hydrogens (tertiary/aromatic N) is 4. The van der Waals surface area contributed by atoms with Crippen LogP contribution < -0.4 is 5.56 Å². The highest BCUT2D eigenvalue weighted by molar-refractivity contribution is 5.64. The predicted octanol–water partition coefficient (Wildman–Crippen LogP) is 2.75. The Morgan fingerprint density at radius 2 is 1.96 bits per heavy atom. The molecule has 0 aliphatic heterocycles. The van der Waals surface area contributed by atoms with Crippen molar-refractivity contribution >= 4 is 5.52 Å². The smallest absolute Gasteiger partial charge is 0.276 e. The van der Waals surface area contributed by atoms with Crippen molar-refractivity contribution in [2.75, 3.05) is 0 Å². The van der Waals surface area contributed by atoms with Gasteiger partial charge in [-0.25, -0.2) is 8.91 Å². The minimum atomic E-state index is -0.325. The molecule has 4 aromatic rings. The van der Waals surface area contributed by atoms with E-state index in [9.17, 15) is 9.18 Å². The van der Waals surface area contributed by atoms with Crippen molar-refractivity contribution in [3.63, 3.8) is 0 Å². The number of hydrogen-bond acceptors (Lipinski definition) is 3. The maximum absolute atomic E-state index is 13.8. The molecule has 0 fully saturated rings. The molecule has 24 heavy (non-hydrogen) atoms. The van der Waals surface area contributed by atoms with Crippen LogP contribution in [0.5, 0.6) is 0 Å². The maximum Gasteiger partial charge on any atom is 0.276 e. The summed E-state index contributed by atoms with van der Waals surface area (Å²) in [5.41, 5.74) is 2.19. The summed E-state index contributed by atoms with van der Waals surface area (Å²) < 4.78 is 16.8. The van der Waals surface area contributed by atoms with Crippen molar-refractivity contribution in [1.29, 1.82) is 0 Å². The topological polar surface area (TPSA) is 52.2 Å². The molecule has 0 radical (unpaired) electrons. The summed E-state index contributed by atoms with van der Waals surface area (Å²) in [4.78, 5) is 16.7. The lowest BCUT2D eigenvalue weighted by molar-refractivity contribution is 0.595. The van der Waals surface area contributed by atoms with E-state index < -0.39 is 0 Å².